The Labute approximate surface area is 130 Å². The van der Waals surface area contributed by atoms with E-state index in [9.17, 15) is 13.2 Å². The third-order valence-corrected chi connectivity index (χ3v) is 5.53. The Hall–Kier alpha value is -1.45. The van der Waals surface area contributed by atoms with Gasteiger partial charge in [0.1, 0.15) is 0 Å². The Morgan fingerprint density at radius 2 is 2.14 bits per heavy atom. The van der Waals surface area contributed by atoms with Gasteiger partial charge in [-0.3, -0.25) is 9.48 Å². The number of piperidine rings is 1. The summed E-state index contributed by atoms with van der Waals surface area (Å²) in [5.41, 5.74) is 0.512. The number of nitrogens with zero attached hydrogens (tertiary/aromatic N) is 3. The number of sulfonamides is 1. The summed E-state index contributed by atoms with van der Waals surface area (Å²) < 4.78 is 32.0. The van der Waals surface area contributed by atoms with Gasteiger partial charge >= 0.3 is 0 Å². The zero-order chi connectivity index (χ0) is 16.2. The summed E-state index contributed by atoms with van der Waals surface area (Å²) in [5, 5.41) is 6.89. The fourth-order valence-corrected chi connectivity index (χ4v) is 3.81. The highest BCUT2D eigenvalue weighted by molar-refractivity contribution is 7.89. The summed E-state index contributed by atoms with van der Waals surface area (Å²) in [7, 11) is -0.0319. The van der Waals surface area contributed by atoms with Crippen molar-refractivity contribution < 1.29 is 17.9 Å². The van der Waals surface area contributed by atoms with Gasteiger partial charge in [-0.15, -0.1) is 0 Å². The first kappa shape index (κ1) is 16.9. The molecule has 1 fully saturated rings. The molecule has 0 unspecified atom stereocenters. The first-order valence-corrected chi connectivity index (χ1v) is 8.79. The monoisotopic (exact) mass is 330 g/mol. The summed E-state index contributed by atoms with van der Waals surface area (Å²) in [6.45, 7) is 1.04. The minimum atomic E-state index is -3.26. The second kappa shape index (κ2) is 7.21. The number of hydrogen-bond acceptors (Lipinski definition) is 5. The lowest BCUT2D eigenvalue weighted by Gasteiger charge is -2.31. The van der Waals surface area contributed by atoms with Crippen molar-refractivity contribution in [2.24, 2.45) is 7.05 Å². The molecule has 0 aliphatic carbocycles. The van der Waals surface area contributed by atoms with Crippen LogP contribution in [-0.2, 0) is 21.8 Å². The van der Waals surface area contributed by atoms with E-state index in [1.54, 1.807) is 17.9 Å². The van der Waals surface area contributed by atoms with Crippen molar-refractivity contribution in [1.82, 2.24) is 19.4 Å². The van der Waals surface area contributed by atoms with Crippen LogP contribution in [0.2, 0.25) is 0 Å². The number of amides is 1. The van der Waals surface area contributed by atoms with Crippen LogP contribution in [0.1, 0.15) is 23.2 Å². The van der Waals surface area contributed by atoms with Crippen molar-refractivity contribution in [2.75, 3.05) is 32.6 Å². The van der Waals surface area contributed by atoms with Crippen molar-refractivity contribution in [3.63, 3.8) is 0 Å². The third-order valence-electron chi connectivity index (χ3n) is 3.70. The Morgan fingerprint density at radius 3 is 2.68 bits per heavy atom. The van der Waals surface area contributed by atoms with Crippen molar-refractivity contribution in [1.29, 1.82) is 0 Å². The van der Waals surface area contributed by atoms with Crippen LogP contribution < -0.4 is 5.32 Å². The number of ether oxygens (including phenoxy) is 1. The quantitative estimate of drug-likeness (QED) is 0.765. The summed E-state index contributed by atoms with van der Waals surface area (Å²) in [6.07, 6.45) is 4.38. The molecular weight excluding hydrogens is 308 g/mol. The highest BCUT2D eigenvalue weighted by Gasteiger charge is 2.28. The van der Waals surface area contributed by atoms with Gasteiger partial charge in [-0.25, -0.2) is 12.7 Å². The van der Waals surface area contributed by atoms with Crippen molar-refractivity contribution in [2.45, 2.75) is 18.9 Å². The van der Waals surface area contributed by atoms with Gasteiger partial charge in [0.05, 0.1) is 24.1 Å². The zero-order valence-electron chi connectivity index (χ0n) is 12.9. The van der Waals surface area contributed by atoms with E-state index in [0.717, 1.165) is 0 Å². The van der Waals surface area contributed by atoms with E-state index >= 15 is 0 Å². The zero-order valence-corrected chi connectivity index (χ0v) is 13.7. The van der Waals surface area contributed by atoms with E-state index in [0.29, 0.717) is 31.5 Å². The number of rotatable bonds is 6. The smallest absolute Gasteiger partial charge is 0.254 e. The molecule has 1 aromatic heterocycles. The molecular formula is C13H22N4O4S. The summed E-state index contributed by atoms with van der Waals surface area (Å²) >= 11 is 0. The molecule has 1 N–H and O–H groups in total. The van der Waals surface area contributed by atoms with E-state index in [1.165, 1.54) is 17.6 Å². The van der Waals surface area contributed by atoms with E-state index in [2.05, 4.69) is 10.4 Å². The molecule has 0 radical (unpaired) electrons. The molecule has 1 aromatic rings. The first-order chi connectivity index (χ1) is 10.4. The predicted octanol–water partition coefficient (Wildman–Crippen LogP) is -0.409. The molecule has 124 valence electrons. The van der Waals surface area contributed by atoms with E-state index in [1.807, 2.05) is 0 Å². The molecule has 0 saturated carbocycles. The molecule has 0 aromatic carbocycles. The minimum absolute atomic E-state index is 0.00376. The van der Waals surface area contributed by atoms with E-state index < -0.39 is 10.0 Å². The van der Waals surface area contributed by atoms with Crippen LogP contribution in [0.4, 0.5) is 0 Å². The van der Waals surface area contributed by atoms with Crippen molar-refractivity contribution >= 4 is 15.9 Å². The Bertz CT molecular complexity index is 605. The summed E-state index contributed by atoms with van der Waals surface area (Å²) in [4.78, 5) is 12.0. The van der Waals surface area contributed by atoms with Gasteiger partial charge in [-0.1, -0.05) is 0 Å². The van der Waals surface area contributed by atoms with Gasteiger partial charge in [0, 0.05) is 39.5 Å². The molecule has 1 saturated heterocycles. The Morgan fingerprint density at radius 1 is 1.45 bits per heavy atom. The minimum Gasteiger partial charge on any atom is -0.384 e. The topological polar surface area (TPSA) is 93.5 Å². The van der Waals surface area contributed by atoms with E-state index in [4.69, 9.17) is 4.74 Å². The van der Waals surface area contributed by atoms with Crippen LogP contribution >= 0.6 is 0 Å². The van der Waals surface area contributed by atoms with Crippen molar-refractivity contribution in [3.05, 3.63) is 18.0 Å². The van der Waals surface area contributed by atoms with Crippen LogP contribution in [-0.4, -0.2) is 67.0 Å². The van der Waals surface area contributed by atoms with Crippen molar-refractivity contribution in [3.8, 4) is 0 Å². The van der Waals surface area contributed by atoms with Gasteiger partial charge in [-0.05, 0) is 12.8 Å². The summed E-state index contributed by atoms with van der Waals surface area (Å²) in [6, 6.07) is -0.0124. The van der Waals surface area contributed by atoms with Crippen LogP contribution in [0.15, 0.2) is 12.4 Å². The number of carbonyl (C=O) groups is 1. The highest BCUT2D eigenvalue weighted by atomic mass is 32.2. The molecule has 22 heavy (non-hydrogen) atoms. The molecule has 1 amide bonds. The largest absolute Gasteiger partial charge is 0.384 e. The van der Waals surface area contributed by atoms with Gasteiger partial charge in [0.2, 0.25) is 10.0 Å². The molecule has 0 atom stereocenters. The lowest BCUT2D eigenvalue weighted by Crippen LogP contribution is -2.47. The number of aromatic nitrogens is 2. The average molecular weight is 330 g/mol. The van der Waals surface area contributed by atoms with Gasteiger partial charge in [0.15, 0.2) is 0 Å². The SMILES string of the molecule is COCCS(=O)(=O)N1CCC(NC(=O)c2cnn(C)c2)CC1. The predicted molar refractivity (Wildman–Crippen MR) is 80.9 cm³/mol. The molecule has 2 heterocycles. The molecule has 1 aliphatic rings. The van der Waals surface area contributed by atoms with Gasteiger partial charge in [-0.2, -0.15) is 5.10 Å². The molecule has 1 aliphatic heterocycles. The number of hydrogen-bond donors (Lipinski definition) is 1. The number of nitrogens with one attached hydrogen (secondary N) is 1. The number of aryl methyl sites for hydroxylation is 1. The normalized spacial score (nSPS) is 17.5. The Kier molecular flexibility index (Phi) is 5.54. The standard InChI is InChI=1S/C13H22N4O4S/c1-16-10-11(9-14-16)13(18)15-12-3-5-17(6-4-12)22(19,20)8-7-21-2/h9-10,12H,3-8H2,1-2H3,(H,15,18). The second-order valence-electron chi connectivity index (χ2n) is 5.36. The Balaban J connectivity index is 1.83. The third kappa shape index (κ3) is 4.28. The fourth-order valence-electron chi connectivity index (χ4n) is 2.40. The maximum Gasteiger partial charge on any atom is 0.254 e. The summed E-state index contributed by atoms with van der Waals surface area (Å²) in [5.74, 6) is -0.176. The molecule has 8 nitrogen and oxygen atoms in total. The molecule has 2 rings (SSSR count). The fraction of sp³-hybridized carbons (Fsp3) is 0.692. The maximum absolute atomic E-state index is 12.0. The second-order valence-corrected chi connectivity index (χ2v) is 7.45. The van der Waals surface area contributed by atoms with Crippen LogP contribution in [0.5, 0.6) is 0 Å². The lowest BCUT2D eigenvalue weighted by atomic mass is 10.1. The van der Waals surface area contributed by atoms with Crippen LogP contribution in [0.25, 0.3) is 0 Å². The molecule has 0 bridgehead atoms. The average Bonchev–Trinajstić information content (AvgIpc) is 2.92. The first-order valence-electron chi connectivity index (χ1n) is 7.18. The van der Waals surface area contributed by atoms with Crippen LogP contribution in [0.3, 0.4) is 0 Å². The van der Waals surface area contributed by atoms with Gasteiger partial charge < -0.3 is 10.1 Å². The molecule has 0 spiro atoms. The lowest BCUT2D eigenvalue weighted by molar-refractivity contribution is 0.0923. The highest BCUT2D eigenvalue weighted by Crippen LogP contribution is 2.15. The number of carbonyl (C=O) groups excluding carboxylic acids is 1. The van der Waals surface area contributed by atoms with Gasteiger partial charge in [0.25, 0.3) is 5.91 Å². The maximum atomic E-state index is 12.0. The van der Waals surface area contributed by atoms with E-state index in [-0.39, 0.29) is 24.3 Å². The number of methoxy groups -OCH3 is 1. The molecule has 9 heteroatoms. The van der Waals surface area contributed by atoms with Crippen LogP contribution in [0, 0.1) is 0 Å².